The fraction of sp³-hybridized carbons (Fsp3) is 0.600. The van der Waals surface area contributed by atoms with Crippen LogP contribution in [0.4, 0.5) is 23.2 Å². The van der Waals surface area contributed by atoms with Crippen molar-refractivity contribution in [3.05, 3.63) is 29.6 Å². The highest BCUT2D eigenvalue weighted by Crippen LogP contribution is 2.33. The van der Waals surface area contributed by atoms with Crippen molar-refractivity contribution in [2.45, 2.75) is 38.4 Å². The third-order valence-corrected chi connectivity index (χ3v) is 3.79. The SMILES string of the molecule is CCCNC1CCN(c2cc(C(F)(F)F)ccc2F)CC1. The molecule has 0 aliphatic carbocycles. The van der Waals surface area contributed by atoms with E-state index >= 15 is 0 Å². The number of rotatable bonds is 4. The summed E-state index contributed by atoms with van der Waals surface area (Å²) in [5, 5.41) is 3.39. The summed E-state index contributed by atoms with van der Waals surface area (Å²) in [6.45, 7) is 4.15. The Bertz CT molecular complexity index is 465. The van der Waals surface area contributed by atoms with E-state index in [4.69, 9.17) is 0 Å². The number of benzene rings is 1. The maximum absolute atomic E-state index is 13.8. The second-order valence-corrected chi connectivity index (χ2v) is 5.38. The number of nitrogens with one attached hydrogen (secondary N) is 1. The molecule has 1 heterocycles. The van der Waals surface area contributed by atoms with Crippen LogP contribution in [0.15, 0.2) is 18.2 Å². The van der Waals surface area contributed by atoms with E-state index in [1.54, 1.807) is 4.90 Å². The number of halogens is 4. The van der Waals surface area contributed by atoms with E-state index in [9.17, 15) is 17.6 Å². The van der Waals surface area contributed by atoms with Crippen LogP contribution in [0.2, 0.25) is 0 Å². The van der Waals surface area contributed by atoms with E-state index in [0.29, 0.717) is 19.1 Å². The maximum atomic E-state index is 13.8. The van der Waals surface area contributed by atoms with Crippen molar-refractivity contribution in [1.82, 2.24) is 5.32 Å². The predicted octanol–water partition coefficient (Wildman–Crippen LogP) is 3.81. The van der Waals surface area contributed by atoms with Crippen LogP contribution in [0.3, 0.4) is 0 Å². The van der Waals surface area contributed by atoms with Crippen molar-refractivity contribution in [2.75, 3.05) is 24.5 Å². The topological polar surface area (TPSA) is 15.3 Å². The van der Waals surface area contributed by atoms with Gasteiger partial charge >= 0.3 is 6.18 Å². The first-order valence-corrected chi connectivity index (χ1v) is 7.27. The molecule has 0 spiro atoms. The Morgan fingerprint density at radius 3 is 2.48 bits per heavy atom. The van der Waals surface area contributed by atoms with Crippen LogP contribution < -0.4 is 10.2 Å². The van der Waals surface area contributed by atoms with E-state index in [1.165, 1.54) is 0 Å². The van der Waals surface area contributed by atoms with Gasteiger partial charge < -0.3 is 10.2 Å². The van der Waals surface area contributed by atoms with E-state index in [-0.39, 0.29) is 5.69 Å². The van der Waals surface area contributed by atoms with Crippen molar-refractivity contribution in [2.24, 2.45) is 0 Å². The molecule has 2 nitrogen and oxygen atoms in total. The van der Waals surface area contributed by atoms with Gasteiger partial charge in [0.05, 0.1) is 11.3 Å². The highest BCUT2D eigenvalue weighted by molar-refractivity contribution is 5.51. The van der Waals surface area contributed by atoms with Gasteiger partial charge in [-0.05, 0) is 44.0 Å². The lowest BCUT2D eigenvalue weighted by Gasteiger charge is -2.34. The lowest BCUT2D eigenvalue weighted by Crippen LogP contribution is -2.43. The molecule has 0 atom stereocenters. The van der Waals surface area contributed by atoms with E-state index in [0.717, 1.165) is 44.0 Å². The minimum atomic E-state index is -4.44. The van der Waals surface area contributed by atoms with Crippen molar-refractivity contribution in [3.8, 4) is 0 Å². The highest BCUT2D eigenvalue weighted by atomic mass is 19.4. The Balaban J connectivity index is 2.06. The molecule has 1 aliphatic rings. The van der Waals surface area contributed by atoms with Crippen molar-refractivity contribution < 1.29 is 17.6 Å². The Kier molecular flexibility index (Phi) is 5.08. The normalized spacial score (nSPS) is 17.3. The second-order valence-electron chi connectivity index (χ2n) is 5.38. The van der Waals surface area contributed by atoms with Gasteiger partial charge in [0.15, 0.2) is 0 Å². The fourth-order valence-corrected chi connectivity index (χ4v) is 2.60. The van der Waals surface area contributed by atoms with Crippen LogP contribution in [0.1, 0.15) is 31.7 Å². The summed E-state index contributed by atoms with van der Waals surface area (Å²) in [5.74, 6) is -0.594. The molecule has 118 valence electrons. The maximum Gasteiger partial charge on any atom is 0.416 e. The summed E-state index contributed by atoms with van der Waals surface area (Å²) in [4.78, 5) is 1.70. The minimum Gasteiger partial charge on any atom is -0.369 e. The number of hydrogen-bond donors (Lipinski definition) is 1. The molecule has 1 fully saturated rings. The molecule has 2 rings (SSSR count). The van der Waals surface area contributed by atoms with E-state index < -0.39 is 17.6 Å². The molecule has 1 N–H and O–H groups in total. The summed E-state index contributed by atoms with van der Waals surface area (Å²) >= 11 is 0. The van der Waals surface area contributed by atoms with Gasteiger partial charge in [0.25, 0.3) is 0 Å². The second kappa shape index (κ2) is 6.64. The molecule has 0 unspecified atom stereocenters. The average Bonchev–Trinajstić information content (AvgIpc) is 2.45. The molecule has 0 aromatic heterocycles. The fourth-order valence-electron chi connectivity index (χ4n) is 2.60. The van der Waals surface area contributed by atoms with Gasteiger partial charge in [0.2, 0.25) is 0 Å². The van der Waals surface area contributed by atoms with Gasteiger partial charge in [-0.25, -0.2) is 4.39 Å². The summed E-state index contributed by atoms with van der Waals surface area (Å²) in [6, 6.07) is 2.97. The van der Waals surface area contributed by atoms with Crippen LogP contribution in [-0.2, 0) is 6.18 Å². The Labute approximate surface area is 122 Å². The van der Waals surface area contributed by atoms with Crippen LogP contribution >= 0.6 is 0 Å². The zero-order chi connectivity index (χ0) is 15.5. The minimum absolute atomic E-state index is 0.0544. The lowest BCUT2D eigenvalue weighted by atomic mass is 10.0. The van der Waals surface area contributed by atoms with Gasteiger partial charge in [-0.3, -0.25) is 0 Å². The quantitative estimate of drug-likeness (QED) is 0.851. The monoisotopic (exact) mass is 304 g/mol. The van der Waals surface area contributed by atoms with Gasteiger partial charge in [0.1, 0.15) is 5.82 Å². The van der Waals surface area contributed by atoms with Crippen molar-refractivity contribution in [3.63, 3.8) is 0 Å². The van der Waals surface area contributed by atoms with Gasteiger partial charge in [-0.2, -0.15) is 13.2 Å². The first kappa shape index (κ1) is 16.1. The third-order valence-electron chi connectivity index (χ3n) is 3.79. The molecular weight excluding hydrogens is 284 g/mol. The molecular formula is C15H20F4N2. The van der Waals surface area contributed by atoms with Crippen molar-refractivity contribution >= 4 is 5.69 Å². The molecule has 1 aromatic rings. The van der Waals surface area contributed by atoms with Gasteiger partial charge in [-0.15, -0.1) is 0 Å². The van der Waals surface area contributed by atoms with Crippen molar-refractivity contribution in [1.29, 1.82) is 0 Å². The summed E-state index contributed by atoms with van der Waals surface area (Å²) in [6.07, 6.45) is -1.77. The molecule has 0 radical (unpaired) electrons. The molecule has 21 heavy (non-hydrogen) atoms. The van der Waals surface area contributed by atoms with E-state index in [1.807, 2.05) is 0 Å². The lowest BCUT2D eigenvalue weighted by molar-refractivity contribution is -0.137. The number of piperidine rings is 1. The third kappa shape index (κ3) is 4.09. The predicted molar refractivity (Wildman–Crippen MR) is 74.9 cm³/mol. The van der Waals surface area contributed by atoms with E-state index in [2.05, 4.69) is 12.2 Å². The first-order chi connectivity index (χ1) is 9.91. The summed E-state index contributed by atoms with van der Waals surface area (Å²) in [5.41, 5.74) is -0.746. The highest BCUT2D eigenvalue weighted by Gasteiger charge is 2.32. The van der Waals surface area contributed by atoms with Crippen LogP contribution in [0, 0.1) is 5.82 Å². The largest absolute Gasteiger partial charge is 0.416 e. The molecule has 0 bridgehead atoms. The van der Waals surface area contributed by atoms with Gasteiger partial charge in [-0.1, -0.05) is 6.92 Å². The first-order valence-electron chi connectivity index (χ1n) is 7.27. The number of alkyl halides is 3. The van der Waals surface area contributed by atoms with Gasteiger partial charge in [0, 0.05) is 19.1 Å². The van der Waals surface area contributed by atoms with Crippen LogP contribution in [-0.4, -0.2) is 25.7 Å². The average molecular weight is 304 g/mol. The molecule has 0 saturated carbocycles. The Hall–Kier alpha value is -1.30. The standard InChI is InChI=1S/C15H20F4N2/c1-2-7-20-12-5-8-21(9-6-12)14-10-11(15(17,18)19)3-4-13(14)16/h3-4,10,12,20H,2,5-9H2,1H3. The molecule has 0 amide bonds. The zero-order valence-corrected chi connectivity index (χ0v) is 12.0. The number of nitrogens with zero attached hydrogens (tertiary/aromatic N) is 1. The zero-order valence-electron chi connectivity index (χ0n) is 12.0. The molecule has 6 heteroatoms. The number of hydrogen-bond acceptors (Lipinski definition) is 2. The molecule has 1 saturated heterocycles. The Morgan fingerprint density at radius 1 is 1.24 bits per heavy atom. The van der Waals surface area contributed by atoms with Crippen LogP contribution in [0.25, 0.3) is 0 Å². The smallest absolute Gasteiger partial charge is 0.369 e. The summed E-state index contributed by atoms with van der Waals surface area (Å²) < 4.78 is 52.0. The summed E-state index contributed by atoms with van der Waals surface area (Å²) in [7, 11) is 0. The number of anilines is 1. The van der Waals surface area contributed by atoms with Crippen LogP contribution in [0.5, 0.6) is 0 Å². The molecule has 1 aromatic carbocycles. The molecule has 1 aliphatic heterocycles. The Morgan fingerprint density at radius 2 is 1.90 bits per heavy atom.